The van der Waals surface area contributed by atoms with E-state index < -0.39 is 17.3 Å². The highest BCUT2D eigenvalue weighted by atomic mass is 35.5. The number of β-amino-alcohol motifs (C(OH)–C–C–N with tert-alkyl or cyclic N) is 1. The smallest absolute Gasteiger partial charge is 0.388 e. The molecule has 1 atom stereocenters. The van der Waals surface area contributed by atoms with Gasteiger partial charge in [0.15, 0.2) is 5.65 Å². The van der Waals surface area contributed by atoms with Crippen molar-refractivity contribution >= 4 is 28.5 Å². The molecular weight excluding hydrogens is 383 g/mol. The zero-order chi connectivity index (χ0) is 19.4. The minimum absolute atomic E-state index is 0.0437. The van der Waals surface area contributed by atoms with E-state index >= 15 is 0 Å². The quantitative estimate of drug-likeness (QED) is 0.671. The van der Waals surface area contributed by atoms with Crippen LogP contribution in [0.25, 0.3) is 16.7 Å². The maximum absolute atomic E-state index is 13.0. The molecule has 3 aromatic rings. The number of hydrogen-bond acceptors (Lipinski definition) is 5. The summed E-state index contributed by atoms with van der Waals surface area (Å²) in [5, 5.41) is 14.9. The molecule has 142 valence electrons. The third kappa shape index (κ3) is 3.32. The SMILES string of the molecule is C[C@]1(O)CCN(c2nc(Cl)nc3c2cnn3-c2cccc(C(F)(F)F)c2)C1. The zero-order valence-corrected chi connectivity index (χ0v) is 15.0. The number of anilines is 1. The van der Waals surface area contributed by atoms with Gasteiger partial charge in [-0.2, -0.15) is 28.2 Å². The van der Waals surface area contributed by atoms with Gasteiger partial charge in [0.05, 0.1) is 28.4 Å². The largest absolute Gasteiger partial charge is 0.416 e. The van der Waals surface area contributed by atoms with Crippen LogP contribution in [0.2, 0.25) is 5.28 Å². The highest BCUT2D eigenvalue weighted by Crippen LogP contribution is 2.33. The number of aromatic nitrogens is 4. The lowest BCUT2D eigenvalue weighted by molar-refractivity contribution is -0.137. The lowest BCUT2D eigenvalue weighted by Gasteiger charge is -2.20. The molecule has 1 aliphatic heterocycles. The van der Waals surface area contributed by atoms with Gasteiger partial charge in [0.25, 0.3) is 0 Å². The number of nitrogens with zero attached hydrogens (tertiary/aromatic N) is 5. The van der Waals surface area contributed by atoms with E-state index in [0.29, 0.717) is 36.4 Å². The maximum atomic E-state index is 13.0. The third-order valence-electron chi connectivity index (χ3n) is 4.55. The lowest BCUT2D eigenvalue weighted by Crippen LogP contribution is -2.30. The molecule has 27 heavy (non-hydrogen) atoms. The molecule has 0 spiro atoms. The van der Waals surface area contributed by atoms with E-state index in [9.17, 15) is 18.3 Å². The minimum atomic E-state index is -4.46. The Labute approximate surface area is 157 Å². The second-order valence-electron chi connectivity index (χ2n) is 6.83. The number of halogens is 4. The van der Waals surface area contributed by atoms with Gasteiger partial charge >= 0.3 is 6.18 Å². The van der Waals surface area contributed by atoms with Crippen LogP contribution in [0.15, 0.2) is 30.5 Å². The molecule has 1 aromatic carbocycles. The molecule has 1 N–H and O–H groups in total. The molecule has 1 saturated heterocycles. The summed E-state index contributed by atoms with van der Waals surface area (Å²) >= 11 is 6.06. The average Bonchev–Trinajstić information content (AvgIpc) is 3.16. The molecule has 2 aromatic heterocycles. The molecule has 0 aliphatic carbocycles. The summed E-state index contributed by atoms with van der Waals surface area (Å²) in [6.45, 7) is 2.67. The van der Waals surface area contributed by atoms with Gasteiger partial charge in [0.2, 0.25) is 5.28 Å². The molecule has 1 aliphatic rings. The monoisotopic (exact) mass is 397 g/mol. The standard InChI is InChI=1S/C17H15ClF3N5O/c1-16(27)5-6-25(9-16)13-12-8-22-26(14(12)24-15(18)23-13)11-4-2-3-10(7-11)17(19,20)21/h2-4,7-8,27H,5-6,9H2,1H3/t16-/m0/s1. The van der Waals surface area contributed by atoms with Crippen molar-refractivity contribution in [2.24, 2.45) is 0 Å². The number of aliphatic hydroxyl groups is 1. The van der Waals surface area contributed by atoms with Gasteiger partial charge in [0.1, 0.15) is 5.82 Å². The molecule has 0 bridgehead atoms. The van der Waals surface area contributed by atoms with Crippen molar-refractivity contribution in [1.29, 1.82) is 0 Å². The Kier molecular flexibility index (Phi) is 4.04. The van der Waals surface area contributed by atoms with Crippen LogP contribution < -0.4 is 4.90 Å². The number of hydrogen-bond donors (Lipinski definition) is 1. The second kappa shape index (κ2) is 6.07. The Balaban J connectivity index is 1.83. The molecule has 6 nitrogen and oxygen atoms in total. The van der Waals surface area contributed by atoms with E-state index in [-0.39, 0.29) is 11.0 Å². The zero-order valence-electron chi connectivity index (χ0n) is 14.2. The van der Waals surface area contributed by atoms with E-state index in [0.717, 1.165) is 12.1 Å². The summed E-state index contributed by atoms with van der Waals surface area (Å²) in [5.41, 5.74) is -1.11. The predicted molar refractivity (Wildman–Crippen MR) is 94.1 cm³/mol. The highest BCUT2D eigenvalue weighted by Gasteiger charge is 2.34. The molecule has 3 heterocycles. The van der Waals surface area contributed by atoms with E-state index in [1.54, 1.807) is 6.92 Å². The van der Waals surface area contributed by atoms with Gasteiger partial charge in [-0.3, -0.25) is 0 Å². The van der Waals surface area contributed by atoms with Crippen LogP contribution in [-0.2, 0) is 6.18 Å². The fraction of sp³-hybridized carbons (Fsp3) is 0.353. The van der Waals surface area contributed by atoms with Crippen molar-refractivity contribution in [2.75, 3.05) is 18.0 Å². The third-order valence-corrected chi connectivity index (χ3v) is 4.72. The summed E-state index contributed by atoms with van der Waals surface area (Å²) < 4.78 is 40.4. The van der Waals surface area contributed by atoms with Crippen LogP contribution in [0.5, 0.6) is 0 Å². The normalized spacial score (nSPS) is 20.6. The van der Waals surface area contributed by atoms with Crippen LogP contribution in [0.1, 0.15) is 18.9 Å². The average molecular weight is 398 g/mol. The van der Waals surface area contributed by atoms with Crippen molar-refractivity contribution in [2.45, 2.75) is 25.1 Å². The van der Waals surface area contributed by atoms with Crippen LogP contribution in [0.3, 0.4) is 0 Å². The first-order chi connectivity index (χ1) is 12.6. The Bertz CT molecular complexity index is 1020. The molecule has 4 rings (SSSR count). The number of benzene rings is 1. The van der Waals surface area contributed by atoms with Crippen molar-refractivity contribution in [3.8, 4) is 5.69 Å². The van der Waals surface area contributed by atoms with Crippen molar-refractivity contribution in [3.63, 3.8) is 0 Å². The van der Waals surface area contributed by atoms with E-state index in [1.807, 2.05) is 4.90 Å². The molecule has 0 radical (unpaired) electrons. The Morgan fingerprint density at radius 1 is 1.26 bits per heavy atom. The fourth-order valence-electron chi connectivity index (χ4n) is 3.24. The summed E-state index contributed by atoms with van der Waals surface area (Å²) in [7, 11) is 0. The van der Waals surface area contributed by atoms with Crippen molar-refractivity contribution < 1.29 is 18.3 Å². The number of rotatable bonds is 2. The van der Waals surface area contributed by atoms with Gasteiger partial charge < -0.3 is 10.0 Å². The van der Waals surface area contributed by atoms with Gasteiger partial charge in [0, 0.05) is 13.1 Å². The predicted octanol–water partition coefficient (Wildman–Crippen LogP) is 3.45. The van der Waals surface area contributed by atoms with Gasteiger partial charge in [-0.05, 0) is 43.1 Å². The fourth-order valence-corrected chi connectivity index (χ4v) is 3.40. The summed E-state index contributed by atoms with van der Waals surface area (Å²) in [6.07, 6.45) is -2.40. The molecule has 10 heteroatoms. The van der Waals surface area contributed by atoms with Crippen LogP contribution in [0, 0.1) is 0 Å². The van der Waals surface area contributed by atoms with Crippen LogP contribution in [-0.4, -0.2) is 43.5 Å². The summed E-state index contributed by atoms with van der Waals surface area (Å²) in [4.78, 5) is 10.3. The Morgan fingerprint density at radius 3 is 2.70 bits per heavy atom. The molecular formula is C17H15ClF3N5O. The molecule has 0 unspecified atom stereocenters. The summed E-state index contributed by atoms with van der Waals surface area (Å²) in [5.74, 6) is 0.501. The minimum Gasteiger partial charge on any atom is -0.388 e. The first kappa shape index (κ1) is 18.0. The number of fused-ring (bicyclic) bond motifs is 1. The van der Waals surface area contributed by atoms with Gasteiger partial charge in [-0.1, -0.05) is 6.07 Å². The van der Waals surface area contributed by atoms with Crippen LogP contribution >= 0.6 is 11.6 Å². The topological polar surface area (TPSA) is 67.1 Å². The molecule has 0 saturated carbocycles. The second-order valence-corrected chi connectivity index (χ2v) is 7.16. The number of alkyl halides is 3. The van der Waals surface area contributed by atoms with E-state index in [1.165, 1.54) is 23.0 Å². The van der Waals surface area contributed by atoms with Gasteiger partial charge in [-0.25, -0.2) is 4.68 Å². The summed E-state index contributed by atoms with van der Waals surface area (Å²) in [6, 6.07) is 4.82. The van der Waals surface area contributed by atoms with E-state index in [4.69, 9.17) is 11.6 Å². The Morgan fingerprint density at radius 2 is 2.04 bits per heavy atom. The molecule has 1 fully saturated rings. The highest BCUT2D eigenvalue weighted by molar-refractivity contribution is 6.28. The first-order valence-corrected chi connectivity index (χ1v) is 8.58. The van der Waals surface area contributed by atoms with E-state index in [2.05, 4.69) is 15.1 Å². The van der Waals surface area contributed by atoms with Crippen molar-refractivity contribution in [1.82, 2.24) is 19.7 Å². The Hall–Kier alpha value is -2.39. The van der Waals surface area contributed by atoms with Crippen LogP contribution in [0.4, 0.5) is 19.0 Å². The van der Waals surface area contributed by atoms with Crippen molar-refractivity contribution in [3.05, 3.63) is 41.3 Å². The molecule has 0 amide bonds. The lowest BCUT2D eigenvalue weighted by atomic mass is 10.1. The first-order valence-electron chi connectivity index (χ1n) is 8.20. The van der Waals surface area contributed by atoms with Gasteiger partial charge in [-0.15, -0.1) is 0 Å². The maximum Gasteiger partial charge on any atom is 0.416 e.